The highest BCUT2D eigenvalue weighted by Gasteiger charge is 2.31. The molecule has 6 aromatic carbocycles. The molecule has 60 heavy (non-hydrogen) atoms. The van der Waals surface area contributed by atoms with E-state index in [1.54, 1.807) is 0 Å². The highest BCUT2D eigenvalue weighted by Crippen LogP contribution is 2.47. The fraction of sp³-hybridized carbons (Fsp3) is 0.281. The highest BCUT2D eigenvalue weighted by molar-refractivity contribution is 5.69. The number of para-hydroxylation sites is 1. The summed E-state index contributed by atoms with van der Waals surface area (Å²) in [6, 6.07) is 62.1. The second kappa shape index (κ2) is 18.6. The zero-order chi connectivity index (χ0) is 42.4. The van der Waals surface area contributed by atoms with Gasteiger partial charge in [-0.05, 0) is 93.3 Å². The van der Waals surface area contributed by atoms with E-state index in [4.69, 9.17) is 4.98 Å². The Labute approximate surface area is 360 Å². The molecule has 0 saturated carbocycles. The molecule has 2 atom stereocenters. The fourth-order valence-corrected chi connectivity index (χ4v) is 8.68. The Balaban J connectivity index is 1.41. The summed E-state index contributed by atoms with van der Waals surface area (Å²) in [5.41, 5.74) is 15.9. The lowest BCUT2D eigenvalue weighted by Gasteiger charge is -2.33. The van der Waals surface area contributed by atoms with E-state index in [9.17, 15) is 0 Å². The molecule has 7 aromatic rings. The number of hydrogen-bond acceptors (Lipinski definition) is 3. The largest absolute Gasteiger partial charge is 0.376 e. The number of anilines is 2. The number of aromatic nitrogens is 1. The van der Waals surface area contributed by atoms with Crippen LogP contribution in [0.4, 0.5) is 11.4 Å². The van der Waals surface area contributed by atoms with Crippen molar-refractivity contribution < 1.29 is 0 Å². The lowest BCUT2D eigenvalue weighted by Crippen LogP contribution is -2.20. The van der Waals surface area contributed by atoms with Crippen LogP contribution in [0.1, 0.15) is 160 Å². The fourth-order valence-electron chi connectivity index (χ4n) is 8.68. The van der Waals surface area contributed by atoms with Gasteiger partial charge in [0.1, 0.15) is 0 Å². The van der Waals surface area contributed by atoms with Crippen molar-refractivity contribution in [1.29, 1.82) is 0 Å². The summed E-state index contributed by atoms with van der Waals surface area (Å²) in [5, 5.41) is 8.13. The standard InChI is InChI=1S/C57H63N3/c1-38(2)47-32-22-33-48(39(3)4)55(47)58-40(5)51-34-23-35-52(60-51)41(6)59-56-49(53(42-24-14-10-15-25-42)43-26-16-11-17-27-43)36-46(57(7,8)9)37-50(56)54(44-28-18-12-19-29-44)45-30-20-13-21-31-45/h10-41,53-54,58-59H,1-9H3. The smallest absolute Gasteiger partial charge is 0.0657 e. The molecule has 1 heterocycles. The molecular weight excluding hydrogens is 727 g/mol. The summed E-state index contributed by atoms with van der Waals surface area (Å²) in [6.45, 7) is 20.6. The van der Waals surface area contributed by atoms with Crippen LogP contribution < -0.4 is 10.6 Å². The SMILES string of the molecule is CC(C)c1cccc(C(C)C)c1NC(C)c1cccc(C(C)Nc2c(C(c3ccccc3)c3ccccc3)cc(C(C)(C)C)cc2C(c2ccccc2)c2ccccc2)n1. The summed E-state index contributed by atoms with van der Waals surface area (Å²) in [5.74, 6) is 0.771. The Morgan fingerprint density at radius 2 is 0.700 bits per heavy atom. The Morgan fingerprint density at radius 3 is 1.02 bits per heavy atom. The number of nitrogens with zero attached hydrogens (tertiary/aromatic N) is 1. The van der Waals surface area contributed by atoms with Gasteiger partial charge in [0.05, 0.1) is 23.5 Å². The van der Waals surface area contributed by atoms with Crippen molar-refractivity contribution in [3.63, 3.8) is 0 Å². The van der Waals surface area contributed by atoms with Crippen molar-refractivity contribution >= 4 is 11.4 Å². The first-order chi connectivity index (χ1) is 28.9. The third-order valence-corrected chi connectivity index (χ3v) is 12.0. The van der Waals surface area contributed by atoms with Crippen LogP contribution in [0.15, 0.2) is 170 Å². The lowest BCUT2D eigenvalue weighted by atomic mass is 9.75. The highest BCUT2D eigenvalue weighted by atomic mass is 15.0. The van der Waals surface area contributed by atoms with Crippen LogP contribution in [0.2, 0.25) is 0 Å². The Bertz CT molecular complexity index is 2240. The topological polar surface area (TPSA) is 37.0 Å². The first kappa shape index (κ1) is 42.2. The maximum atomic E-state index is 5.43. The van der Waals surface area contributed by atoms with Gasteiger partial charge in [-0.15, -0.1) is 0 Å². The molecule has 3 nitrogen and oxygen atoms in total. The molecule has 0 amide bonds. The van der Waals surface area contributed by atoms with Crippen molar-refractivity contribution in [2.24, 2.45) is 0 Å². The van der Waals surface area contributed by atoms with Gasteiger partial charge in [-0.3, -0.25) is 4.98 Å². The second-order valence-corrected chi connectivity index (χ2v) is 18.1. The quantitative estimate of drug-likeness (QED) is 0.108. The first-order valence-corrected chi connectivity index (χ1v) is 21.9. The summed E-state index contributed by atoms with van der Waals surface area (Å²) >= 11 is 0. The number of benzene rings is 6. The van der Waals surface area contributed by atoms with E-state index < -0.39 is 0 Å². The van der Waals surface area contributed by atoms with Crippen LogP contribution in [-0.4, -0.2) is 4.98 Å². The van der Waals surface area contributed by atoms with Crippen LogP contribution in [0, 0.1) is 0 Å². The van der Waals surface area contributed by atoms with Crippen LogP contribution in [0.5, 0.6) is 0 Å². The van der Waals surface area contributed by atoms with Crippen LogP contribution >= 0.6 is 0 Å². The summed E-state index contributed by atoms with van der Waals surface area (Å²) < 4.78 is 0. The molecule has 0 aliphatic carbocycles. The van der Waals surface area contributed by atoms with Gasteiger partial charge in [-0.25, -0.2) is 0 Å². The van der Waals surface area contributed by atoms with Gasteiger partial charge >= 0.3 is 0 Å². The molecule has 0 bridgehead atoms. The van der Waals surface area contributed by atoms with E-state index in [1.807, 2.05) is 0 Å². The number of pyridine rings is 1. The second-order valence-electron chi connectivity index (χ2n) is 18.1. The van der Waals surface area contributed by atoms with Gasteiger partial charge < -0.3 is 10.6 Å². The van der Waals surface area contributed by atoms with Crippen LogP contribution in [0.25, 0.3) is 0 Å². The zero-order valence-corrected chi connectivity index (χ0v) is 37.1. The van der Waals surface area contributed by atoms with Gasteiger partial charge in [0, 0.05) is 23.2 Å². The van der Waals surface area contributed by atoms with E-state index in [1.165, 1.54) is 55.8 Å². The van der Waals surface area contributed by atoms with Crippen molar-refractivity contribution in [3.05, 3.63) is 231 Å². The zero-order valence-electron chi connectivity index (χ0n) is 37.1. The van der Waals surface area contributed by atoms with E-state index >= 15 is 0 Å². The van der Waals surface area contributed by atoms with Crippen molar-refractivity contribution in [2.45, 2.75) is 103 Å². The van der Waals surface area contributed by atoms with Crippen LogP contribution in [0.3, 0.4) is 0 Å². The van der Waals surface area contributed by atoms with Gasteiger partial charge in [0.15, 0.2) is 0 Å². The minimum Gasteiger partial charge on any atom is -0.376 e. The van der Waals surface area contributed by atoms with E-state index in [0.29, 0.717) is 11.8 Å². The molecule has 306 valence electrons. The molecule has 0 radical (unpaired) electrons. The van der Waals surface area contributed by atoms with E-state index in [-0.39, 0.29) is 29.3 Å². The average Bonchev–Trinajstić information content (AvgIpc) is 3.25. The Kier molecular flexibility index (Phi) is 13.0. The molecule has 0 aliphatic rings. The molecule has 0 saturated heterocycles. The summed E-state index contributed by atoms with van der Waals surface area (Å²) in [6.07, 6.45) is 0. The minimum atomic E-state index is -0.108. The van der Waals surface area contributed by atoms with Gasteiger partial charge in [0.25, 0.3) is 0 Å². The molecule has 2 unspecified atom stereocenters. The molecular formula is C57H63N3. The predicted octanol–water partition coefficient (Wildman–Crippen LogP) is 15.3. The maximum Gasteiger partial charge on any atom is 0.0657 e. The van der Waals surface area contributed by atoms with Gasteiger partial charge in [-0.1, -0.05) is 206 Å². The molecule has 7 rings (SSSR count). The number of hydrogen-bond donors (Lipinski definition) is 2. The van der Waals surface area contributed by atoms with Crippen molar-refractivity contribution in [3.8, 4) is 0 Å². The maximum absolute atomic E-state index is 5.43. The monoisotopic (exact) mass is 790 g/mol. The van der Waals surface area contributed by atoms with Crippen molar-refractivity contribution in [1.82, 2.24) is 4.98 Å². The van der Waals surface area contributed by atoms with E-state index in [2.05, 4.69) is 243 Å². The Morgan fingerprint density at radius 1 is 0.383 bits per heavy atom. The summed E-state index contributed by atoms with van der Waals surface area (Å²) in [7, 11) is 0. The molecule has 2 N–H and O–H groups in total. The normalized spacial score (nSPS) is 12.9. The number of nitrogens with one attached hydrogen (secondary N) is 2. The molecule has 0 aliphatic heterocycles. The van der Waals surface area contributed by atoms with Crippen molar-refractivity contribution in [2.75, 3.05) is 10.6 Å². The average molecular weight is 790 g/mol. The summed E-state index contributed by atoms with van der Waals surface area (Å²) in [4.78, 5) is 5.43. The molecule has 0 fully saturated rings. The predicted molar refractivity (Wildman–Crippen MR) is 256 cm³/mol. The first-order valence-electron chi connectivity index (χ1n) is 21.9. The van der Waals surface area contributed by atoms with Gasteiger partial charge in [0.2, 0.25) is 0 Å². The Hall–Kier alpha value is -5.93. The molecule has 0 spiro atoms. The minimum absolute atomic E-state index is 0.00724. The number of rotatable bonds is 14. The molecule has 1 aromatic heterocycles. The van der Waals surface area contributed by atoms with E-state index in [0.717, 1.165) is 17.1 Å². The lowest BCUT2D eigenvalue weighted by molar-refractivity contribution is 0.587. The van der Waals surface area contributed by atoms with Crippen LogP contribution in [-0.2, 0) is 5.41 Å². The molecule has 3 heteroatoms. The third-order valence-electron chi connectivity index (χ3n) is 12.0. The third kappa shape index (κ3) is 9.42. The van der Waals surface area contributed by atoms with Gasteiger partial charge in [-0.2, -0.15) is 0 Å².